The molecule has 1 fully saturated rings. The van der Waals surface area contributed by atoms with E-state index in [2.05, 4.69) is 15.9 Å². The summed E-state index contributed by atoms with van der Waals surface area (Å²) in [5.41, 5.74) is 3.13. The lowest BCUT2D eigenvalue weighted by molar-refractivity contribution is -0.123. The summed E-state index contributed by atoms with van der Waals surface area (Å²) in [6.07, 6.45) is 1.48. The lowest BCUT2D eigenvalue weighted by Gasteiger charge is -2.14. The van der Waals surface area contributed by atoms with E-state index in [0.717, 1.165) is 28.5 Å². The molecule has 3 aromatic rings. The van der Waals surface area contributed by atoms with Gasteiger partial charge in [-0.2, -0.15) is 8.42 Å². The van der Waals surface area contributed by atoms with Gasteiger partial charge < -0.3 is 4.18 Å². The summed E-state index contributed by atoms with van der Waals surface area (Å²) >= 11 is 4.18. The van der Waals surface area contributed by atoms with Gasteiger partial charge >= 0.3 is 10.1 Å². The highest BCUT2D eigenvalue weighted by Crippen LogP contribution is 2.36. The Morgan fingerprint density at radius 3 is 2.41 bits per heavy atom. The third-order valence-electron chi connectivity index (χ3n) is 5.23. The Kier molecular flexibility index (Phi) is 6.97. The zero-order valence-electron chi connectivity index (χ0n) is 18.3. The first-order valence-corrected chi connectivity index (χ1v) is 13.3. The van der Waals surface area contributed by atoms with Crippen LogP contribution in [0.1, 0.15) is 22.3 Å². The van der Waals surface area contributed by atoms with Gasteiger partial charge in [0.05, 0.1) is 11.4 Å². The first-order chi connectivity index (χ1) is 16.1. The van der Waals surface area contributed by atoms with Gasteiger partial charge in [-0.1, -0.05) is 57.9 Å². The molecule has 0 atom stereocenters. The number of nitrogens with zero attached hydrogens (tertiary/aromatic N) is 1. The number of carbonyl (C=O) groups is 2. The van der Waals surface area contributed by atoms with Crippen molar-refractivity contribution in [1.82, 2.24) is 4.90 Å². The molecule has 1 saturated heterocycles. The lowest BCUT2D eigenvalue weighted by Crippen LogP contribution is -2.27. The second-order valence-electron chi connectivity index (χ2n) is 7.73. The van der Waals surface area contributed by atoms with Crippen molar-refractivity contribution in [2.75, 3.05) is 0 Å². The van der Waals surface area contributed by atoms with E-state index in [9.17, 15) is 18.0 Å². The van der Waals surface area contributed by atoms with Crippen LogP contribution in [0, 0.1) is 13.8 Å². The van der Waals surface area contributed by atoms with E-state index in [1.807, 2.05) is 38.1 Å². The minimum Gasteiger partial charge on any atom is -0.378 e. The normalized spacial score (nSPS) is 15.3. The number of carbonyl (C=O) groups excluding carboxylic acids is 2. The molecule has 0 N–H and O–H groups in total. The predicted molar refractivity (Wildman–Crippen MR) is 136 cm³/mol. The summed E-state index contributed by atoms with van der Waals surface area (Å²) < 4.78 is 31.7. The van der Waals surface area contributed by atoms with Crippen molar-refractivity contribution in [2.45, 2.75) is 25.3 Å². The van der Waals surface area contributed by atoms with Gasteiger partial charge in [0, 0.05) is 10.0 Å². The van der Waals surface area contributed by atoms with E-state index in [4.69, 9.17) is 4.18 Å². The maximum absolute atomic E-state index is 13.0. The molecule has 0 spiro atoms. The van der Waals surface area contributed by atoms with Crippen molar-refractivity contribution in [3.8, 4) is 5.75 Å². The number of aryl methyl sites for hydroxylation is 2. The summed E-state index contributed by atoms with van der Waals surface area (Å²) in [5, 5.41) is -0.385. The molecule has 3 aromatic carbocycles. The van der Waals surface area contributed by atoms with Gasteiger partial charge in [0.1, 0.15) is 10.6 Å². The van der Waals surface area contributed by atoms with Crippen LogP contribution in [0.5, 0.6) is 5.75 Å². The van der Waals surface area contributed by atoms with Crippen LogP contribution in [0.3, 0.4) is 0 Å². The Morgan fingerprint density at radius 1 is 1.00 bits per heavy atom. The van der Waals surface area contributed by atoms with Gasteiger partial charge in [-0.25, -0.2) is 0 Å². The Balaban J connectivity index is 1.63. The van der Waals surface area contributed by atoms with E-state index in [-0.39, 0.29) is 27.3 Å². The quantitative estimate of drug-likeness (QED) is 0.270. The Hall–Kier alpha value is -2.88. The van der Waals surface area contributed by atoms with Crippen molar-refractivity contribution in [3.63, 3.8) is 0 Å². The molecule has 2 amide bonds. The second kappa shape index (κ2) is 9.77. The van der Waals surface area contributed by atoms with Crippen LogP contribution in [-0.4, -0.2) is 24.5 Å². The maximum atomic E-state index is 13.0. The van der Waals surface area contributed by atoms with Gasteiger partial charge in [0.15, 0.2) is 0 Å². The summed E-state index contributed by atoms with van der Waals surface area (Å²) in [5.74, 6) is -0.389. The molecule has 1 aliphatic heterocycles. The minimum atomic E-state index is -4.09. The third kappa shape index (κ3) is 5.27. The van der Waals surface area contributed by atoms with Crippen LogP contribution in [0.4, 0.5) is 4.79 Å². The second-order valence-corrected chi connectivity index (χ2v) is 11.2. The van der Waals surface area contributed by atoms with Gasteiger partial charge in [0.2, 0.25) is 0 Å². The Morgan fingerprint density at radius 2 is 1.71 bits per heavy atom. The maximum Gasteiger partial charge on any atom is 0.339 e. The molecular weight excluding hydrogens is 538 g/mol. The highest BCUT2D eigenvalue weighted by Gasteiger charge is 2.35. The molecule has 0 radical (unpaired) electrons. The van der Waals surface area contributed by atoms with Crippen molar-refractivity contribution in [3.05, 3.63) is 98.4 Å². The molecule has 0 aliphatic carbocycles. The highest BCUT2D eigenvalue weighted by molar-refractivity contribution is 9.10. The molecule has 4 rings (SSSR count). The molecule has 6 nitrogen and oxygen atoms in total. The number of thioether (sulfide) groups is 1. The zero-order chi connectivity index (χ0) is 24.5. The molecule has 34 heavy (non-hydrogen) atoms. The molecule has 0 bridgehead atoms. The van der Waals surface area contributed by atoms with Gasteiger partial charge in [0.25, 0.3) is 11.1 Å². The molecule has 0 aromatic heterocycles. The summed E-state index contributed by atoms with van der Waals surface area (Å²) in [6, 6.07) is 18.6. The SMILES string of the molecule is Cc1ccc(S(=O)(=O)Oc2ccc(Br)cc2/C=C2\SC(=O)N(Cc3ccccc3C)C2=O)cc1. The molecular formula is C25H20BrNO5S2. The van der Waals surface area contributed by atoms with Crippen LogP contribution < -0.4 is 4.18 Å². The van der Waals surface area contributed by atoms with Crippen molar-refractivity contribution in [1.29, 1.82) is 0 Å². The van der Waals surface area contributed by atoms with Crippen LogP contribution in [0.25, 0.3) is 6.08 Å². The number of halogens is 1. The largest absolute Gasteiger partial charge is 0.378 e. The fourth-order valence-electron chi connectivity index (χ4n) is 3.31. The number of rotatable bonds is 6. The van der Waals surface area contributed by atoms with Crippen molar-refractivity contribution in [2.24, 2.45) is 0 Å². The number of hydrogen-bond donors (Lipinski definition) is 0. The first-order valence-electron chi connectivity index (χ1n) is 10.2. The van der Waals surface area contributed by atoms with E-state index >= 15 is 0 Å². The van der Waals surface area contributed by atoms with Crippen molar-refractivity contribution >= 4 is 55.0 Å². The standard InChI is InChI=1S/C25H20BrNO5S2/c1-16-7-10-21(11-8-16)34(30,31)32-22-12-9-20(26)13-19(22)14-23-24(28)27(25(29)33-23)15-18-6-4-3-5-17(18)2/h3-14H,15H2,1-2H3/b23-14-. The molecule has 174 valence electrons. The molecule has 1 aliphatic rings. The van der Waals surface area contributed by atoms with Gasteiger partial charge in [-0.05, 0) is 73.1 Å². The monoisotopic (exact) mass is 557 g/mol. The zero-order valence-corrected chi connectivity index (χ0v) is 21.5. The molecule has 9 heteroatoms. The average Bonchev–Trinajstić information content (AvgIpc) is 3.04. The van der Waals surface area contributed by atoms with Crippen molar-refractivity contribution < 1.29 is 22.2 Å². The van der Waals surface area contributed by atoms with E-state index in [1.165, 1.54) is 29.2 Å². The summed E-state index contributed by atoms with van der Waals surface area (Å²) in [7, 11) is -4.09. The molecule has 0 unspecified atom stereocenters. The summed E-state index contributed by atoms with van der Waals surface area (Å²) in [4.78, 5) is 27.0. The fraction of sp³-hybridized carbons (Fsp3) is 0.120. The number of hydrogen-bond acceptors (Lipinski definition) is 6. The predicted octanol–water partition coefficient (Wildman–Crippen LogP) is 6.07. The molecule has 0 saturated carbocycles. The fourth-order valence-corrected chi connectivity index (χ4v) is 5.48. The topological polar surface area (TPSA) is 80.8 Å². The number of imide groups is 1. The number of benzene rings is 3. The number of amides is 2. The van der Waals surface area contributed by atoms with Crippen LogP contribution >= 0.6 is 27.7 Å². The lowest BCUT2D eigenvalue weighted by atomic mass is 10.1. The van der Waals surface area contributed by atoms with Crippen LogP contribution in [0.15, 0.2) is 81.0 Å². The highest BCUT2D eigenvalue weighted by atomic mass is 79.9. The van der Waals surface area contributed by atoms with Crippen LogP contribution in [0.2, 0.25) is 0 Å². The summed E-state index contributed by atoms with van der Waals surface area (Å²) in [6.45, 7) is 3.94. The Bertz CT molecular complexity index is 1420. The van der Waals surface area contributed by atoms with E-state index < -0.39 is 16.0 Å². The first kappa shape index (κ1) is 24.3. The average molecular weight is 558 g/mol. The van der Waals surface area contributed by atoms with E-state index in [0.29, 0.717) is 10.0 Å². The third-order valence-corrected chi connectivity index (χ3v) is 7.88. The van der Waals surface area contributed by atoms with Gasteiger partial charge in [-0.3, -0.25) is 14.5 Å². The minimum absolute atomic E-state index is 0.0190. The van der Waals surface area contributed by atoms with E-state index in [1.54, 1.807) is 24.3 Å². The van der Waals surface area contributed by atoms with Gasteiger partial charge in [-0.15, -0.1) is 0 Å². The Labute approximate surface area is 210 Å². The molecule has 1 heterocycles. The smallest absolute Gasteiger partial charge is 0.339 e. The van der Waals surface area contributed by atoms with Crippen LogP contribution in [-0.2, 0) is 21.5 Å².